The molecule has 1 heterocycles. The first-order valence-corrected chi connectivity index (χ1v) is 7.65. The second-order valence-electron chi connectivity index (χ2n) is 6.08. The first-order chi connectivity index (χ1) is 9.88. The molecule has 2 aromatic rings. The predicted octanol–water partition coefficient (Wildman–Crippen LogP) is 4.31. The van der Waals surface area contributed by atoms with Gasteiger partial charge in [0.25, 0.3) is 0 Å². The molecule has 0 radical (unpaired) electrons. The summed E-state index contributed by atoms with van der Waals surface area (Å²) in [6.07, 6.45) is 0. The minimum absolute atomic E-state index is 0.0178. The van der Waals surface area contributed by atoms with Crippen LogP contribution in [0.3, 0.4) is 0 Å². The normalized spacial score (nSPS) is 17.2. The Balaban J connectivity index is 1.99. The number of rotatable bonds is 2. The van der Waals surface area contributed by atoms with E-state index in [2.05, 4.69) is 35.8 Å². The van der Waals surface area contributed by atoms with Crippen LogP contribution in [0.1, 0.15) is 36.6 Å². The molecular weight excluding hydrogens is 333 g/mol. The standard InChI is InChI=1S/C17H17BrFNO/c1-17(2)9-21-15-6-4-10(7-12(15)17)16(20)11-3-5-13(18)14(19)8-11/h3-8,16H,9,20H2,1-2H3. The fourth-order valence-corrected chi connectivity index (χ4v) is 2.88. The van der Waals surface area contributed by atoms with Crippen molar-refractivity contribution in [1.82, 2.24) is 0 Å². The van der Waals surface area contributed by atoms with Crippen molar-refractivity contribution in [3.63, 3.8) is 0 Å². The third-order valence-electron chi connectivity index (χ3n) is 3.98. The van der Waals surface area contributed by atoms with Crippen LogP contribution in [-0.4, -0.2) is 6.61 Å². The molecule has 3 rings (SSSR count). The van der Waals surface area contributed by atoms with Crippen LogP contribution in [0.4, 0.5) is 4.39 Å². The summed E-state index contributed by atoms with van der Waals surface area (Å²) >= 11 is 3.16. The van der Waals surface area contributed by atoms with E-state index in [4.69, 9.17) is 10.5 Å². The fourth-order valence-electron chi connectivity index (χ4n) is 2.63. The minimum atomic E-state index is -0.353. The highest BCUT2D eigenvalue weighted by molar-refractivity contribution is 9.10. The van der Waals surface area contributed by atoms with Gasteiger partial charge in [-0.05, 0) is 51.3 Å². The van der Waals surface area contributed by atoms with Crippen molar-refractivity contribution in [1.29, 1.82) is 0 Å². The lowest BCUT2D eigenvalue weighted by Gasteiger charge is -2.18. The molecule has 0 fully saturated rings. The molecular formula is C17H17BrFNO. The Morgan fingerprint density at radius 3 is 2.57 bits per heavy atom. The Kier molecular flexibility index (Phi) is 3.54. The van der Waals surface area contributed by atoms with Crippen LogP contribution in [0.2, 0.25) is 0 Å². The third-order valence-corrected chi connectivity index (χ3v) is 4.63. The molecule has 0 saturated carbocycles. The summed E-state index contributed by atoms with van der Waals surface area (Å²) in [5, 5.41) is 0. The van der Waals surface area contributed by atoms with E-state index in [-0.39, 0.29) is 17.3 Å². The lowest BCUT2D eigenvalue weighted by molar-refractivity contribution is 0.291. The van der Waals surface area contributed by atoms with Crippen LogP contribution >= 0.6 is 15.9 Å². The number of benzene rings is 2. The molecule has 0 bridgehead atoms. The molecule has 110 valence electrons. The zero-order valence-corrected chi connectivity index (χ0v) is 13.6. The van der Waals surface area contributed by atoms with E-state index >= 15 is 0 Å². The zero-order chi connectivity index (χ0) is 15.2. The summed E-state index contributed by atoms with van der Waals surface area (Å²) in [7, 11) is 0. The smallest absolute Gasteiger partial charge is 0.137 e. The van der Waals surface area contributed by atoms with E-state index in [1.54, 1.807) is 6.07 Å². The van der Waals surface area contributed by atoms with Crippen molar-refractivity contribution >= 4 is 15.9 Å². The Labute approximate surface area is 132 Å². The number of ether oxygens (including phenoxy) is 1. The largest absolute Gasteiger partial charge is 0.492 e. The Hall–Kier alpha value is -1.39. The molecule has 0 spiro atoms. The van der Waals surface area contributed by atoms with Gasteiger partial charge < -0.3 is 10.5 Å². The summed E-state index contributed by atoms with van der Waals surface area (Å²) in [5.74, 6) is 0.616. The summed E-state index contributed by atoms with van der Waals surface area (Å²) in [4.78, 5) is 0. The first kappa shape index (κ1) is 14.5. The minimum Gasteiger partial charge on any atom is -0.492 e. The van der Waals surface area contributed by atoms with Gasteiger partial charge in [-0.25, -0.2) is 4.39 Å². The second kappa shape index (κ2) is 5.11. The number of hydrogen-bond donors (Lipinski definition) is 1. The summed E-state index contributed by atoms with van der Waals surface area (Å²) in [5.41, 5.74) is 9.16. The number of hydrogen-bond acceptors (Lipinski definition) is 2. The van der Waals surface area contributed by atoms with Crippen LogP contribution in [0, 0.1) is 5.82 Å². The van der Waals surface area contributed by atoms with E-state index in [1.807, 2.05) is 18.2 Å². The van der Waals surface area contributed by atoms with Crippen molar-refractivity contribution in [3.05, 3.63) is 63.4 Å². The number of halogens is 2. The average Bonchev–Trinajstić information content (AvgIpc) is 2.76. The molecule has 2 N–H and O–H groups in total. The molecule has 2 nitrogen and oxygen atoms in total. The van der Waals surface area contributed by atoms with Crippen LogP contribution < -0.4 is 10.5 Å². The summed E-state index contributed by atoms with van der Waals surface area (Å²) in [6.45, 7) is 4.97. The highest BCUT2D eigenvalue weighted by Crippen LogP contribution is 2.40. The SMILES string of the molecule is CC1(C)COc2ccc(C(N)c3ccc(Br)c(F)c3)cc21. The van der Waals surface area contributed by atoms with Gasteiger partial charge in [-0.1, -0.05) is 26.0 Å². The molecule has 0 aliphatic carbocycles. The molecule has 2 aromatic carbocycles. The molecule has 21 heavy (non-hydrogen) atoms. The maximum absolute atomic E-state index is 13.7. The van der Waals surface area contributed by atoms with Crippen LogP contribution in [0.25, 0.3) is 0 Å². The van der Waals surface area contributed by atoms with Crippen molar-refractivity contribution in [2.24, 2.45) is 5.73 Å². The Morgan fingerprint density at radius 2 is 1.86 bits per heavy atom. The van der Waals surface area contributed by atoms with Gasteiger partial charge in [0.15, 0.2) is 0 Å². The average molecular weight is 350 g/mol. The molecule has 0 aromatic heterocycles. The van der Waals surface area contributed by atoms with Crippen molar-refractivity contribution in [3.8, 4) is 5.75 Å². The molecule has 1 aliphatic heterocycles. The predicted molar refractivity (Wildman–Crippen MR) is 85.1 cm³/mol. The molecule has 1 aliphatic rings. The van der Waals surface area contributed by atoms with Gasteiger partial charge in [-0.15, -0.1) is 0 Å². The lowest BCUT2D eigenvalue weighted by Crippen LogP contribution is -2.19. The zero-order valence-electron chi connectivity index (χ0n) is 12.0. The number of nitrogens with two attached hydrogens (primary N) is 1. The molecule has 0 saturated heterocycles. The summed E-state index contributed by atoms with van der Waals surface area (Å²) in [6, 6.07) is 10.6. The highest BCUT2D eigenvalue weighted by atomic mass is 79.9. The monoisotopic (exact) mass is 349 g/mol. The Morgan fingerprint density at radius 1 is 1.19 bits per heavy atom. The van der Waals surface area contributed by atoms with E-state index in [1.165, 1.54) is 6.07 Å². The first-order valence-electron chi connectivity index (χ1n) is 6.86. The van der Waals surface area contributed by atoms with E-state index < -0.39 is 0 Å². The van der Waals surface area contributed by atoms with Crippen molar-refractivity contribution in [2.45, 2.75) is 25.3 Å². The van der Waals surface area contributed by atoms with E-state index in [0.29, 0.717) is 11.1 Å². The van der Waals surface area contributed by atoms with Gasteiger partial charge >= 0.3 is 0 Å². The topological polar surface area (TPSA) is 35.2 Å². The maximum Gasteiger partial charge on any atom is 0.137 e. The molecule has 1 atom stereocenters. The van der Waals surface area contributed by atoms with Gasteiger partial charge in [-0.3, -0.25) is 0 Å². The van der Waals surface area contributed by atoms with Crippen LogP contribution in [0.5, 0.6) is 5.75 Å². The van der Waals surface area contributed by atoms with Gasteiger partial charge in [0.1, 0.15) is 11.6 Å². The number of fused-ring (bicyclic) bond motifs is 1. The maximum atomic E-state index is 13.7. The van der Waals surface area contributed by atoms with Gasteiger partial charge in [0.2, 0.25) is 0 Å². The fraction of sp³-hybridized carbons (Fsp3) is 0.294. The van der Waals surface area contributed by atoms with Crippen LogP contribution in [-0.2, 0) is 5.41 Å². The molecule has 4 heteroatoms. The van der Waals surface area contributed by atoms with Gasteiger partial charge in [-0.2, -0.15) is 0 Å². The summed E-state index contributed by atoms with van der Waals surface area (Å²) < 4.78 is 19.8. The quantitative estimate of drug-likeness (QED) is 0.876. The molecule has 0 amide bonds. The van der Waals surface area contributed by atoms with Gasteiger partial charge in [0.05, 0.1) is 17.1 Å². The third kappa shape index (κ3) is 2.58. The van der Waals surface area contributed by atoms with Crippen molar-refractivity contribution in [2.75, 3.05) is 6.61 Å². The van der Waals surface area contributed by atoms with Crippen LogP contribution in [0.15, 0.2) is 40.9 Å². The Bertz CT molecular complexity index is 699. The lowest BCUT2D eigenvalue weighted by atomic mass is 9.85. The van der Waals surface area contributed by atoms with Crippen molar-refractivity contribution < 1.29 is 9.13 Å². The highest BCUT2D eigenvalue weighted by Gasteiger charge is 2.32. The van der Waals surface area contributed by atoms with E-state index in [9.17, 15) is 4.39 Å². The molecule has 1 unspecified atom stereocenters. The second-order valence-corrected chi connectivity index (χ2v) is 6.93. The van der Waals surface area contributed by atoms with Gasteiger partial charge in [0, 0.05) is 11.0 Å². The van der Waals surface area contributed by atoms with E-state index in [0.717, 1.165) is 22.4 Å².